The quantitative estimate of drug-likeness (QED) is 0.848. The Morgan fingerprint density at radius 3 is 2.62 bits per heavy atom. The minimum atomic E-state index is -1.00. The summed E-state index contributed by atoms with van der Waals surface area (Å²) in [5, 5.41) is 11.6. The average molecular weight is 336 g/mol. The molecule has 1 amide bonds. The number of carboxylic acid groups (broad SMARTS) is 1. The molecule has 0 unspecified atom stereocenters. The van der Waals surface area contributed by atoms with Gasteiger partial charge < -0.3 is 14.6 Å². The van der Waals surface area contributed by atoms with E-state index in [1.165, 1.54) is 0 Å². The Bertz CT molecular complexity index is 601. The molecule has 24 heavy (non-hydrogen) atoms. The van der Waals surface area contributed by atoms with Gasteiger partial charge in [-0.1, -0.05) is 0 Å². The molecular weight excluding hydrogens is 312 g/mol. The molecule has 2 aliphatic rings. The summed E-state index contributed by atoms with van der Waals surface area (Å²) < 4.78 is 1.73. The Hall–Kier alpha value is -1.93. The van der Waals surface area contributed by atoms with E-state index in [2.05, 4.69) is 4.98 Å². The normalized spacial score (nSPS) is 21.1. The van der Waals surface area contributed by atoms with Crippen LogP contribution in [0.4, 0.5) is 0 Å². The highest BCUT2D eigenvalue weighted by atomic mass is 16.7. The summed E-state index contributed by atoms with van der Waals surface area (Å²) in [5.74, 6) is -0.114. The predicted octanol–water partition coefficient (Wildman–Crippen LogP) is 0.621. The fourth-order valence-electron chi connectivity index (χ4n) is 3.57. The maximum absolute atomic E-state index is 12.4. The van der Waals surface area contributed by atoms with Crippen molar-refractivity contribution in [3.63, 3.8) is 0 Å². The van der Waals surface area contributed by atoms with Crippen LogP contribution in [0.5, 0.6) is 0 Å². The number of carboxylic acids is 1. The zero-order chi connectivity index (χ0) is 17.2. The first-order valence-corrected chi connectivity index (χ1v) is 8.42. The number of piperidine rings is 1. The predicted molar refractivity (Wildman–Crippen MR) is 85.1 cm³/mol. The number of carbonyl (C=O) groups is 2. The Kier molecular flexibility index (Phi) is 4.86. The van der Waals surface area contributed by atoms with Gasteiger partial charge in [0.2, 0.25) is 5.91 Å². The van der Waals surface area contributed by atoms with Gasteiger partial charge in [-0.05, 0) is 26.2 Å². The monoisotopic (exact) mass is 336 g/mol. The van der Waals surface area contributed by atoms with Gasteiger partial charge in [0, 0.05) is 45.0 Å². The van der Waals surface area contributed by atoms with Crippen molar-refractivity contribution in [2.24, 2.45) is 0 Å². The number of carbonyl (C=O) groups excluding carboxylic acids is 1. The molecule has 0 aromatic carbocycles. The van der Waals surface area contributed by atoms with Crippen LogP contribution >= 0.6 is 0 Å². The van der Waals surface area contributed by atoms with E-state index in [4.69, 9.17) is 4.84 Å². The number of hydrogen-bond acceptors (Lipinski definition) is 5. The molecule has 132 valence electrons. The van der Waals surface area contributed by atoms with Gasteiger partial charge >= 0.3 is 5.97 Å². The SMILES string of the molecule is Cc1nccn1C1(C(=O)O)CCN(C(=O)CCN2CCCO2)CC1. The highest BCUT2D eigenvalue weighted by molar-refractivity contribution is 5.79. The maximum Gasteiger partial charge on any atom is 0.330 e. The third kappa shape index (κ3) is 3.16. The first-order chi connectivity index (χ1) is 11.5. The summed E-state index contributed by atoms with van der Waals surface area (Å²) >= 11 is 0. The van der Waals surface area contributed by atoms with Crippen molar-refractivity contribution in [2.75, 3.05) is 32.8 Å². The molecule has 1 N–H and O–H groups in total. The van der Waals surface area contributed by atoms with Crippen LogP contribution in [-0.2, 0) is 20.0 Å². The number of hydrogen-bond donors (Lipinski definition) is 1. The van der Waals surface area contributed by atoms with Crippen molar-refractivity contribution in [1.29, 1.82) is 0 Å². The number of aromatic nitrogens is 2. The third-order valence-corrected chi connectivity index (χ3v) is 5.03. The van der Waals surface area contributed by atoms with E-state index >= 15 is 0 Å². The molecule has 1 aromatic rings. The van der Waals surface area contributed by atoms with E-state index in [1.54, 1.807) is 28.8 Å². The Morgan fingerprint density at radius 2 is 2.08 bits per heavy atom. The number of imidazole rings is 1. The number of nitrogens with zero attached hydrogens (tertiary/aromatic N) is 4. The first kappa shape index (κ1) is 16.9. The van der Waals surface area contributed by atoms with Crippen LogP contribution < -0.4 is 0 Å². The fraction of sp³-hybridized carbons (Fsp3) is 0.688. The number of likely N-dealkylation sites (tertiary alicyclic amines) is 1. The average Bonchev–Trinajstić information content (AvgIpc) is 3.24. The number of aryl methyl sites for hydroxylation is 1. The molecule has 0 bridgehead atoms. The molecule has 8 heteroatoms. The van der Waals surface area contributed by atoms with Gasteiger partial charge in [-0.15, -0.1) is 0 Å². The van der Waals surface area contributed by atoms with E-state index in [0.717, 1.165) is 19.6 Å². The van der Waals surface area contributed by atoms with Crippen molar-refractivity contribution in [3.8, 4) is 0 Å². The van der Waals surface area contributed by atoms with E-state index in [-0.39, 0.29) is 5.91 Å². The molecule has 0 saturated carbocycles. The van der Waals surface area contributed by atoms with Crippen LogP contribution in [0, 0.1) is 6.92 Å². The van der Waals surface area contributed by atoms with E-state index in [0.29, 0.717) is 44.7 Å². The molecule has 2 fully saturated rings. The van der Waals surface area contributed by atoms with E-state index < -0.39 is 11.5 Å². The van der Waals surface area contributed by atoms with Gasteiger partial charge in [0.1, 0.15) is 11.4 Å². The van der Waals surface area contributed by atoms with Gasteiger partial charge in [0.25, 0.3) is 0 Å². The molecule has 3 rings (SSSR count). The largest absolute Gasteiger partial charge is 0.479 e. The molecule has 0 atom stereocenters. The fourth-order valence-corrected chi connectivity index (χ4v) is 3.57. The summed E-state index contributed by atoms with van der Waals surface area (Å²) in [4.78, 5) is 35.6. The smallest absolute Gasteiger partial charge is 0.330 e. The molecule has 0 radical (unpaired) electrons. The zero-order valence-corrected chi connectivity index (χ0v) is 14.0. The number of aliphatic carboxylic acids is 1. The van der Waals surface area contributed by atoms with Crippen molar-refractivity contribution < 1.29 is 19.5 Å². The standard InChI is InChI=1S/C16H24N4O4/c1-13-17-6-11-20(13)16(15(22)23)4-9-18(10-5-16)14(21)3-8-19-7-2-12-24-19/h6,11H,2-5,7-10,12H2,1H3,(H,22,23). The zero-order valence-electron chi connectivity index (χ0n) is 14.0. The van der Waals surface area contributed by atoms with Crippen molar-refractivity contribution in [1.82, 2.24) is 19.5 Å². The Morgan fingerprint density at radius 1 is 1.33 bits per heavy atom. The summed E-state index contributed by atoms with van der Waals surface area (Å²) in [7, 11) is 0. The lowest BCUT2D eigenvalue weighted by molar-refractivity contribution is -0.153. The van der Waals surface area contributed by atoms with Gasteiger partial charge in [0.05, 0.1) is 6.61 Å². The minimum absolute atomic E-state index is 0.0619. The first-order valence-electron chi connectivity index (χ1n) is 8.42. The molecule has 8 nitrogen and oxygen atoms in total. The maximum atomic E-state index is 12.4. The molecule has 0 aliphatic carbocycles. The van der Waals surface area contributed by atoms with Crippen LogP contribution in [0.15, 0.2) is 12.4 Å². The molecular formula is C16H24N4O4. The van der Waals surface area contributed by atoms with Gasteiger partial charge in [0.15, 0.2) is 0 Å². The van der Waals surface area contributed by atoms with E-state index in [1.807, 2.05) is 5.06 Å². The number of rotatable bonds is 5. The lowest BCUT2D eigenvalue weighted by Crippen LogP contribution is -2.52. The van der Waals surface area contributed by atoms with Crippen LogP contribution in [-0.4, -0.2) is 69.3 Å². The van der Waals surface area contributed by atoms with Gasteiger partial charge in [-0.2, -0.15) is 5.06 Å². The third-order valence-electron chi connectivity index (χ3n) is 5.03. The second-order valence-corrected chi connectivity index (χ2v) is 6.43. The topological polar surface area (TPSA) is 87.9 Å². The highest BCUT2D eigenvalue weighted by Gasteiger charge is 2.44. The number of amides is 1. The van der Waals surface area contributed by atoms with Gasteiger partial charge in [-0.25, -0.2) is 9.78 Å². The summed E-state index contributed by atoms with van der Waals surface area (Å²) in [6.07, 6.45) is 5.53. The summed E-state index contributed by atoms with van der Waals surface area (Å²) in [6, 6.07) is 0. The summed E-state index contributed by atoms with van der Waals surface area (Å²) in [6.45, 7) is 4.89. The molecule has 2 aliphatic heterocycles. The van der Waals surface area contributed by atoms with Crippen molar-refractivity contribution in [2.45, 2.75) is 38.1 Å². The number of hydroxylamine groups is 2. The molecule has 3 heterocycles. The van der Waals surface area contributed by atoms with E-state index in [9.17, 15) is 14.7 Å². The van der Waals surface area contributed by atoms with Crippen LogP contribution in [0.2, 0.25) is 0 Å². The highest BCUT2D eigenvalue weighted by Crippen LogP contribution is 2.32. The Labute approximate surface area is 141 Å². The van der Waals surface area contributed by atoms with Crippen LogP contribution in [0.1, 0.15) is 31.5 Å². The molecule has 2 saturated heterocycles. The second-order valence-electron chi connectivity index (χ2n) is 6.43. The van der Waals surface area contributed by atoms with Crippen molar-refractivity contribution >= 4 is 11.9 Å². The Balaban J connectivity index is 1.60. The van der Waals surface area contributed by atoms with Crippen LogP contribution in [0.3, 0.4) is 0 Å². The minimum Gasteiger partial charge on any atom is -0.479 e. The van der Waals surface area contributed by atoms with Gasteiger partial charge in [-0.3, -0.25) is 9.63 Å². The molecule has 0 spiro atoms. The van der Waals surface area contributed by atoms with Crippen LogP contribution in [0.25, 0.3) is 0 Å². The summed E-state index contributed by atoms with van der Waals surface area (Å²) in [5.41, 5.74) is -1.00. The second kappa shape index (κ2) is 6.90. The molecule has 1 aromatic heterocycles. The lowest BCUT2D eigenvalue weighted by Gasteiger charge is -2.40. The lowest BCUT2D eigenvalue weighted by atomic mass is 9.86. The van der Waals surface area contributed by atoms with Crippen molar-refractivity contribution in [3.05, 3.63) is 18.2 Å².